The van der Waals surface area contributed by atoms with Gasteiger partial charge in [0.2, 0.25) is 0 Å². The van der Waals surface area contributed by atoms with E-state index in [4.69, 9.17) is 16.3 Å². The summed E-state index contributed by atoms with van der Waals surface area (Å²) >= 11 is 6.11. The van der Waals surface area contributed by atoms with Crippen LogP contribution in [0.4, 0.5) is 4.79 Å². The molecule has 0 aliphatic heterocycles. The van der Waals surface area contributed by atoms with Gasteiger partial charge in [-0.25, -0.2) is 4.79 Å². The molecule has 23 heavy (non-hydrogen) atoms. The quantitative estimate of drug-likeness (QED) is 0.788. The molecule has 3 rings (SSSR count). The van der Waals surface area contributed by atoms with Crippen LogP contribution in [0.2, 0.25) is 5.02 Å². The lowest BCUT2D eigenvalue weighted by Crippen LogP contribution is -2.32. The standard InChI is InChI=1S/C19H18ClNO2/c1-21(19(22)23-13-14-6-3-2-4-7-14)18-9-5-8-15-10-11-16(20)12-17(15)18/h2-8,10-12,18H,9,13H2,1H3. The van der Waals surface area contributed by atoms with E-state index in [-0.39, 0.29) is 18.7 Å². The van der Waals surface area contributed by atoms with Crippen LogP contribution >= 0.6 is 11.6 Å². The maximum Gasteiger partial charge on any atom is 0.410 e. The van der Waals surface area contributed by atoms with Crippen LogP contribution in [0.15, 0.2) is 54.6 Å². The number of hydrogen-bond acceptors (Lipinski definition) is 2. The van der Waals surface area contributed by atoms with Gasteiger partial charge < -0.3 is 9.64 Å². The minimum atomic E-state index is -0.333. The van der Waals surface area contributed by atoms with Crippen LogP contribution in [-0.2, 0) is 11.3 Å². The second-order valence-electron chi connectivity index (χ2n) is 5.58. The fourth-order valence-electron chi connectivity index (χ4n) is 2.75. The topological polar surface area (TPSA) is 29.5 Å². The summed E-state index contributed by atoms with van der Waals surface area (Å²) in [4.78, 5) is 14.0. The summed E-state index contributed by atoms with van der Waals surface area (Å²) < 4.78 is 5.42. The zero-order valence-corrected chi connectivity index (χ0v) is 13.7. The molecule has 0 heterocycles. The molecule has 0 saturated carbocycles. The van der Waals surface area contributed by atoms with E-state index in [1.165, 1.54) is 0 Å². The van der Waals surface area contributed by atoms with Crippen molar-refractivity contribution >= 4 is 23.8 Å². The molecule has 1 aliphatic carbocycles. The van der Waals surface area contributed by atoms with Gasteiger partial charge in [0.1, 0.15) is 6.61 Å². The van der Waals surface area contributed by atoms with Crippen molar-refractivity contribution in [3.63, 3.8) is 0 Å². The molecule has 0 fully saturated rings. The highest BCUT2D eigenvalue weighted by Gasteiger charge is 2.25. The number of carbonyl (C=O) groups excluding carboxylic acids is 1. The van der Waals surface area contributed by atoms with E-state index < -0.39 is 0 Å². The molecule has 1 amide bonds. The lowest BCUT2D eigenvalue weighted by atomic mass is 9.92. The molecule has 118 valence electrons. The van der Waals surface area contributed by atoms with Crippen LogP contribution in [0.25, 0.3) is 6.08 Å². The van der Waals surface area contributed by atoms with E-state index in [1.54, 1.807) is 11.9 Å². The zero-order chi connectivity index (χ0) is 16.2. The summed E-state index contributed by atoms with van der Waals surface area (Å²) in [6.45, 7) is 0.273. The number of nitrogens with zero attached hydrogens (tertiary/aromatic N) is 1. The van der Waals surface area contributed by atoms with Crippen molar-refractivity contribution in [1.29, 1.82) is 0 Å². The van der Waals surface area contributed by atoms with Gasteiger partial charge in [-0.2, -0.15) is 0 Å². The van der Waals surface area contributed by atoms with Gasteiger partial charge in [-0.3, -0.25) is 0 Å². The first-order chi connectivity index (χ1) is 11.1. The fraction of sp³-hybridized carbons (Fsp3) is 0.211. The monoisotopic (exact) mass is 327 g/mol. The average Bonchev–Trinajstić information content (AvgIpc) is 2.59. The van der Waals surface area contributed by atoms with Crippen LogP contribution < -0.4 is 0 Å². The van der Waals surface area contributed by atoms with Gasteiger partial charge in [0.15, 0.2) is 0 Å². The SMILES string of the molecule is CN(C(=O)OCc1ccccc1)C1CC=Cc2ccc(Cl)cc21. The average molecular weight is 328 g/mol. The van der Waals surface area contributed by atoms with Gasteiger partial charge in [-0.05, 0) is 35.2 Å². The molecule has 1 aliphatic rings. The molecule has 0 saturated heterocycles. The van der Waals surface area contributed by atoms with Crippen LogP contribution in [-0.4, -0.2) is 18.0 Å². The Morgan fingerprint density at radius 3 is 2.83 bits per heavy atom. The Bertz CT molecular complexity index is 727. The minimum absolute atomic E-state index is 0.0584. The van der Waals surface area contributed by atoms with Crippen molar-refractivity contribution in [1.82, 2.24) is 4.90 Å². The predicted molar refractivity (Wildman–Crippen MR) is 92.2 cm³/mol. The lowest BCUT2D eigenvalue weighted by molar-refractivity contribution is 0.0909. The van der Waals surface area contributed by atoms with Crippen molar-refractivity contribution < 1.29 is 9.53 Å². The number of ether oxygens (including phenoxy) is 1. The number of rotatable bonds is 3. The molecule has 4 heteroatoms. The third kappa shape index (κ3) is 3.57. The molecule has 1 unspecified atom stereocenters. The Kier molecular flexibility index (Phi) is 4.68. The van der Waals surface area contributed by atoms with E-state index in [0.29, 0.717) is 5.02 Å². The van der Waals surface area contributed by atoms with E-state index in [9.17, 15) is 4.79 Å². The molecule has 0 aromatic heterocycles. The van der Waals surface area contributed by atoms with Crippen LogP contribution in [0.3, 0.4) is 0 Å². The van der Waals surface area contributed by atoms with Crippen molar-refractivity contribution in [2.45, 2.75) is 19.1 Å². The fourth-order valence-corrected chi connectivity index (χ4v) is 2.93. The summed E-state index contributed by atoms with van der Waals surface area (Å²) in [5.41, 5.74) is 3.12. The van der Waals surface area contributed by atoms with E-state index in [2.05, 4.69) is 12.2 Å². The molecule has 3 nitrogen and oxygen atoms in total. The number of halogens is 1. The maximum atomic E-state index is 12.4. The third-order valence-corrected chi connectivity index (χ3v) is 4.26. The molecule has 2 aromatic carbocycles. The van der Waals surface area contributed by atoms with Crippen molar-refractivity contribution in [2.24, 2.45) is 0 Å². The van der Waals surface area contributed by atoms with Crippen molar-refractivity contribution in [3.8, 4) is 0 Å². The van der Waals surface area contributed by atoms with Gasteiger partial charge >= 0.3 is 6.09 Å². The zero-order valence-electron chi connectivity index (χ0n) is 12.9. The summed E-state index contributed by atoms with van der Waals surface area (Å²) in [6.07, 6.45) is 4.55. The molecule has 0 bridgehead atoms. The second kappa shape index (κ2) is 6.88. The summed E-state index contributed by atoms with van der Waals surface area (Å²) in [7, 11) is 1.77. The van der Waals surface area contributed by atoms with Crippen LogP contribution in [0.5, 0.6) is 0 Å². The molecular formula is C19H18ClNO2. The number of hydrogen-bond donors (Lipinski definition) is 0. The molecule has 1 atom stereocenters. The molecule has 0 N–H and O–H groups in total. The number of fused-ring (bicyclic) bond motifs is 1. The highest BCUT2D eigenvalue weighted by Crippen LogP contribution is 2.34. The molecule has 2 aromatic rings. The number of benzene rings is 2. The second-order valence-corrected chi connectivity index (χ2v) is 6.01. The van der Waals surface area contributed by atoms with Crippen molar-refractivity contribution in [3.05, 3.63) is 76.3 Å². The first-order valence-electron chi connectivity index (χ1n) is 7.54. The molecule has 0 spiro atoms. The lowest BCUT2D eigenvalue weighted by Gasteiger charge is -2.30. The van der Waals surface area contributed by atoms with Gasteiger partial charge in [0, 0.05) is 12.1 Å². The van der Waals surface area contributed by atoms with Crippen molar-refractivity contribution in [2.75, 3.05) is 7.05 Å². The Balaban J connectivity index is 1.71. The van der Waals surface area contributed by atoms with Crippen LogP contribution in [0, 0.1) is 0 Å². The van der Waals surface area contributed by atoms with Gasteiger partial charge in [-0.1, -0.05) is 60.2 Å². The first-order valence-corrected chi connectivity index (χ1v) is 7.92. The highest BCUT2D eigenvalue weighted by molar-refractivity contribution is 6.30. The van der Waals surface area contributed by atoms with Crippen LogP contribution in [0.1, 0.15) is 29.2 Å². The highest BCUT2D eigenvalue weighted by atomic mass is 35.5. The molecular weight excluding hydrogens is 310 g/mol. The summed E-state index contributed by atoms with van der Waals surface area (Å²) in [6, 6.07) is 15.4. The Labute approximate surface area is 141 Å². The van der Waals surface area contributed by atoms with E-state index in [1.807, 2.05) is 48.5 Å². The largest absolute Gasteiger partial charge is 0.445 e. The third-order valence-electron chi connectivity index (χ3n) is 4.03. The minimum Gasteiger partial charge on any atom is -0.445 e. The first kappa shape index (κ1) is 15.6. The number of amides is 1. The predicted octanol–water partition coefficient (Wildman–Crippen LogP) is 5.07. The maximum absolute atomic E-state index is 12.4. The van der Waals surface area contributed by atoms with Gasteiger partial charge in [0.05, 0.1) is 6.04 Å². The van der Waals surface area contributed by atoms with Gasteiger partial charge in [0.25, 0.3) is 0 Å². The Morgan fingerprint density at radius 1 is 1.26 bits per heavy atom. The molecule has 0 radical (unpaired) electrons. The van der Waals surface area contributed by atoms with E-state index >= 15 is 0 Å². The summed E-state index contributed by atoms with van der Waals surface area (Å²) in [5.74, 6) is 0. The summed E-state index contributed by atoms with van der Waals surface area (Å²) in [5, 5.41) is 0.676. The Morgan fingerprint density at radius 2 is 2.04 bits per heavy atom. The van der Waals surface area contributed by atoms with Gasteiger partial charge in [-0.15, -0.1) is 0 Å². The Hall–Kier alpha value is -2.26. The number of carbonyl (C=O) groups is 1. The normalized spacial score (nSPS) is 15.8. The smallest absolute Gasteiger partial charge is 0.410 e. The van der Waals surface area contributed by atoms with E-state index in [0.717, 1.165) is 23.1 Å².